The van der Waals surface area contributed by atoms with Crippen LogP contribution in [0.1, 0.15) is 11.8 Å². The number of imide groups is 1. The number of furan rings is 1. The van der Waals surface area contributed by atoms with Crippen LogP contribution in [0, 0.1) is 0 Å². The monoisotopic (exact) mass is 347 g/mol. The lowest BCUT2D eigenvalue weighted by Gasteiger charge is -2.31. The van der Waals surface area contributed by atoms with Gasteiger partial charge in [-0.2, -0.15) is 0 Å². The predicted octanol–water partition coefficient (Wildman–Crippen LogP) is 1.91. The zero-order valence-electron chi connectivity index (χ0n) is 13.2. The molecule has 0 saturated carbocycles. The van der Waals surface area contributed by atoms with Crippen LogP contribution in [0.15, 0.2) is 34.3 Å². The Hall–Kier alpha value is -2.61. The molecule has 4 amide bonds. The molecule has 0 aliphatic carbocycles. The normalized spacial score (nSPS) is 15.0. The number of hydrogen-bond acceptors (Lipinski definition) is 5. The van der Waals surface area contributed by atoms with Crippen LogP contribution in [0.5, 0.6) is 0 Å². The van der Waals surface area contributed by atoms with Gasteiger partial charge in [-0.15, -0.1) is 11.3 Å². The molecule has 0 bridgehead atoms. The van der Waals surface area contributed by atoms with Crippen LogP contribution in [-0.4, -0.2) is 47.3 Å². The number of nitrogens with zero attached hydrogens (tertiary/aromatic N) is 2. The predicted molar refractivity (Wildman–Crippen MR) is 88.2 cm³/mol. The Labute approximate surface area is 142 Å². The van der Waals surface area contributed by atoms with Gasteiger partial charge in [-0.3, -0.25) is 14.5 Å². The Bertz CT molecular complexity index is 753. The second-order valence-corrected chi connectivity index (χ2v) is 6.28. The van der Waals surface area contributed by atoms with Gasteiger partial charge in [0.05, 0.1) is 12.8 Å². The van der Waals surface area contributed by atoms with Crippen molar-refractivity contribution in [3.8, 4) is 11.3 Å². The number of likely N-dealkylation sites (N-methyl/N-ethyl adjacent to an activating group) is 1. The van der Waals surface area contributed by atoms with Crippen molar-refractivity contribution in [1.29, 1.82) is 0 Å². The average molecular weight is 347 g/mol. The summed E-state index contributed by atoms with van der Waals surface area (Å²) in [6.45, 7) is 3.14. The molecule has 3 heterocycles. The first-order valence-electron chi connectivity index (χ1n) is 7.60. The van der Waals surface area contributed by atoms with E-state index in [1.807, 2.05) is 23.6 Å². The van der Waals surface area contributed by atoms with Crippen molar-refractivity contribution >= 4 is 29.2 Å². The maximum Gasteiger partial charge on any atom is 0.324 e. The van der Waals surface area contributed by atoms with Crippen molar-refractivity contribution < 1.29 is 18.8 Å². The van der Waals surface area contributed by atoms with Crippen LogP contribution >= 0.6 is 11.3 Å². The minimum atomic E-state index is -0.775. The number of amides is 4. The molecule has 1 aliphatic rings. The van der Waals surface area contributed by atoms with E-state index in [1.165, 1.54) is 16.2 Å². The van der Waals surface area contributed by atoms with E-state index in [-0.39, 0.29) is 6.54 Å². The quantitative estimate of drug-likeness (QED) is 0.857. The number of thiophene rings is 1. The lowest BCUT2D eigenvalue weighted by atomic mass is 10.2. The van der Waals surface area contributed by atoms with Crippen molar-refractivity contribution in [2.24, 2.45) is 0 Å². The highest BCUT2D eigenvalue weighted by atomic mass is 32.1. The minimum Gasteiger partial charge on any atom is -0.464 e. The fourth-order valence-electron chi connectivity index (χ4n) is 2.47. The van der Waals surface area contributed by atoms with Crippen LogP contribution in [-0.2, 0) is 16.1 Å². The maximum absolute atomic E-state index is 12.2. The van der Waals surface area contributed by atoms with Gasteiger partial charge in [0.2, 0.25) is 0 Å². The molecular weight excluding hydrogens is 330 g/mol. The Morgan fingerprint density at radius 2 is 2.17 bits per heavy atom. The molecule has 1 saturated heterocycles. The molecule has 7 nitrogen and oxygen atoms in total. The molecule has 0 radical (unpaired) electrons. The largest absolute Gasteiger partial charge is 0.464 e. The molecule has 2 aromatic rings. The molecule has 1 aliphatic heterocycles. The topological polar surface area (TPSA) is 82.9 Å². The number of carbonyl (C=O) groups is 3. The molecule has 1 N–H and O–H groups in total. The van der Waals surface area contributed by atoms with Crippen LogP contribution in [0.3, 0.4) is 0 Å². The summed E-state index contributed by atoms with van der Waals surface area (Å²) >= 11 is 1.49. The second-order valence-electron chi connectivity index (χ2n) is 5.28. The Morgan fingerprint density at radius 3 is 2.88 bits per heavy atom. The standard InChI is InChI=1S/C16H17N3O4S/c1-2-18-5-6-19(15(21)14(18)20)16(22)17-9-12-8-11(10-24-12)13-4-3-7-23-13/h3-4,7-8,10H,2,5-6,9H2,1H3,(H,17,22). The lowest BCUT2D eigenvalue weighted by molar-refractivity contribution is -0.153. The first-order chi connectivity index (χ1) is 11.6. The number of urea groups is 1. The average Bonchev–Trinajstić information content (AvgIpc) is 3.26. The van der Waals surface area contributed by atoms with Gasteiger partial charge in [-0.25, -0.2) is 4.79 Å². The van der Waals surface area contributed by atoms with E-state index in [4.69, 9.17) is 4.42 Å². The van der Waals surface area contributed by atoms with Gasteiger partial charge >= 0.3 is 17.8 Å². The first kappa shape index (κ1) is 16.3. The number of carbonyl (C=O) groups excluding carboxylic acids is 3. The molecule has 1 fully saturated rings. The summed E-state index contributed by atoms with van der Waals surface area (Å²) in [6, 6.07) is 5.05. The van der Waals surface area contributed by atoms with E-state index in [0.717, 1.165) is 21.1 Å². The smallest absolute Gasteiger partial charge is 0.324 e. The maximum atomic E-state index is 12.2. The van der Waals surface area contributed by atoms with Gasteiger partial charge in [0.1, 0.15) is 5.76 Å². The third kappa shape index (κ3) is 3.18. The lowest BCUT2D eigenvalue weighted by Crippen LogP contribution is -2.58. The zero-order valence-corrected chi connectivity index (χ0v) is 14.0. The third-order valence-corrected chi connectivity index (χ3v) is 4.75. The van der Waals surface area contributed by atoms with E-state index >= 15 is 0 Å². The molecule has 0 atom stereocenters. The zero-order chi connectivity index (χ0) is 17.1. The Morgan fingerprint density at radius 1 is 1.33 bits per heavy atom. The summed E-state index contributed by atoms with van der Waals surface area (Å²) in [6.07, 6.45) is 1.60. The molecular formula is C16H17N3O4S. The number of hydrogen-bond donors (Lipinski definition) is 1. The van der Waals surface area contributed by atoms with Crippen molar-refractivity contribution in [1.82, 2.24) is 15.1 Å². The molecule has 24 heavy (non-hydrogen) atoms. The fourth-order valence-corrected chi connectivity index (χ4v) is 3.29. The summed E-state index contributed by atoms with van der Waals surface area (Å²) in [5.41, 5.74) is 0.942. The van der Waals surface area contributed by atoms with E-state index < -0.39 is 17.8 Å². The summed E-state index contributed by atoms with van der Waals surface area (Å²) in [4.78, 5) is 39.3. The SMILES string of the molecule is CCN1CCN(C(=O)NCc2cc(-c3ccco3)cs2)C(=O)C1=O. The third-order valence-electron chi connectivity index (χ3n) is 3.81. The van der Waals surface area contributed by atoms with Gasteiger partial charge in [0, 0.05) is 35.5 Å². The van der Waals surface area contributed by atoms with Crippen molar-refractivity contribution in [2.75, 3.05) is 19.6 Å². The van der Waals surface area contributed by atoms with Gasteiger partial charge < -0.3 is 14.6 Å². The van der Waals surface area contributed by atoms with E-state index in [2.05, 4.69) is 5.32 Å². The number of piperazine rings is 1. The second kappa shape index (κ2) is 6.88. The Balaban J connectivity index is 1.58. The summed E-state index contributed by atoms with van der Waals surface area (Å²) < 4.78 is 5.32. The molecule has 0 unspecified atom stereocenters. The Kier molecular flexibility index (Phi) is 4.66. The fraction of sp³-hybridized carbons (Fsp3) is 0.312. The van der Waals surface area contributed by atoms with Gasteiger partial charge in [-0.05, 0) is 25.1 Å². The van der Waals surface area contributed by atoms with E-state index in [9.17, 15) is 14.4 Å². The molecule has 8 heteroatoms. The van der Waals surface area contributed by atoms with Crippen molar-refractivity contribution in [3.63, 3.8) is 0 Å². The van der Waals surface area contributed by atoms with Crippen molar-refractivity contribution in [2.45, 2.75) is 13.5 Å². The van der Waals surface area contributed by atoms with Gasteiger partial charge in [-0.1, -0.05) is 0 Å². The highest BCUT2D eigenvalue weighted by Gasteiger charge is 2.35. The first-order valence-corrected chi connectivity index (χ1v) is 8.48. The van der Waals surface area contributed by atoms with Crippen molar-refractivity contribution in [3.05, 3.63) is 34.7 Å². The van der Waals surface area contributed by atoms with Crippen LogP contribution < -0.4 is 5.32 Å². The molecule has 3 rings (SSSR count). The molecule has 126 valence electrons. The van der Waals surface area contributed by atoms with Gasteiger partial charge in [0.25, 0.3) is 0 Å². The summed E-state index contributed by atoms with van der Waals surface area (Å²) in [5, 5.41) is 4.63. The van der Waals surface area contributed by atoms with E-state index in [1.54, 1.807) is 13.2 Å². The van der Waals surface area contributed by atoms with E-state index in [0.29, 0.717) is 19.6 Å². The highest BCUT2D eigenvalue weighted by Crippen LogP contribution is 2.25. The molecule has 2 aromatic heterocycles. The number of nitrogens with one attached hydrogen (secondary N) is 1. The summed E-state index contributed by atoms with van der Waals surface area (Å²) in [5.74, 6) is -0.640. The van der Waals surface area contributed by atoms with Gasteiger partial charge in [0.15, 0.2) is 0 Å². The highest BCUT2D eigenvalue weighted by molar-refractivity contribution is 7.10. The summed E-state index contributed by atoms with van der Waals surface area (Å²) in [7, 11) is 0. The van der Waals surface area contributed by atoms with Crippen LogP contribution in [0.4, 0.5) is 4.79 Å². The molecule has 0 aromatic carbocycles. The molecule has 0 spiro atoms. The van der Waals surface area contributed by atoms with Crippen LogP contribution in [0.25, 0.3) is 11.3 Å². The number of rotatable bonds is 4. The minimum absolute atomic E-state index is 0.215. The van der Waals surface area contributed by atoms with Crippen LogP contribution in [0.2, 0.25) is 0 Å².